The Morgan fingerprint density at radius 1 is 1.36 bits per heavy atom. The van der Waals surface area contributed by atoms with Crippen molar-refractivity contribution in [2.75, 3.05) is 5.75 Å². The standard InChI is InChI=1S/C9H9ClO3S/c10-8-3-1-7(2-4-8)5-14(13)6-9(11)12/h1-4H,5-6H2,(H,11,12)/t14-/m1/s1. The zero-order chi connectivity index (χ0) is 10.6. The molecule has 14 heavy (non-hydrogen) atoms. The van der Waals surface area contributed by atoms with Gasteiger partial charge in [-0.05, 0) is 17.7 Å². The van der Waals surface area contributed by atoms with E-state index in [2.05, 4.69) is 0 Å². The normalized spacial score (nSPS) is 12.4. The molecule has 1 aromatic rings. The third-order valence-electron chi connectivity index (χ3n) is 1.53. The average molecular weight is 233 g/mol. The van der Waals surface area contributed by atoms with E-state index in [-0.39, 0.29) is 11.5 Å². The Balaban J connectivity index is 2.56. The molecule has 76 valence electrons. The first kappa shape index (κ1) is 11.2. The number of carboxylic acids is 1. The highest BCUT2D eigenvalue weighted by Crippen LogP contribution is 2.10. The van der Waals surface area contributed by atoms with E-state index in [4.69, 9.17) is 16.7 Å². The Bertz CT molecular complexity index is 348. The highest BCUT2D eigenvalue weighted by molar-refractivity contribution is 7.84. The molecule has 5 heteroatoms. The topological polar surface area (TPSA) is 54.4 Å². The van der Waals surface area contributed by atoms with Crippen LogP contribution in [0.2, 0.25) is 5.02 Å². The lowest BCUT2D eigenvalue weighted by Gasteiger charge is -1.99. The van der Waals surface area contributed by atoms with Crippen molar-refractivity contribution in [3.63, 3.8) is 0 Å². The van der Waals surface area contributed by atoms with Crippen molar-refractivity contribution in [1.29, 1.82) is 0 Å². The number of hydrogen-bond acceptors (Lipinski definition) is 2. The van der Waals surface area contributed by atoms with Gasteiger partial charge in [0.05, 0.1) is 0 Å². The van der Waals surface area contributed by atoms with Crippen molar-refractivity contribution < 1.29 is 14.1 Å². The van der Waals surface area contributed by atoms with Gasteiger partial charge < -0.3 is 5.11 Å². The molecule has 0 spiro atoms. The van der Waals surface area contributed by atoms with Gasteiger partial charge in [0.1, 0.15) is 5.75 Å². The molecule has 0 aliphatic rings. The van der Waals surface area contributed by atoms with E-state index in [1.165, 1.54) is 0 Å². The van der Waals surface area contributed by atoms with E-state index < -0.39 is 16.8 Å². The molecule has 1 N–H and O–H groups in total. The smallest absolute Gasteiger partial charge is 0.316 e. The monoisotopic (exact) mass is 232 g/mol. The quantitative estimate of drug-likeness (QED) is 0.859. The summed E-state index contributed by atoms with van der Waals surface area (Å²) in [5.41, 5.74) is 0.828. The van der Waals surface area contributed by atoms with Gasteiger partial charge in [0.25, 0.3) is 0 Å². The van der Waals surface area contributed by atoms with Crippen LogP contribution in [0.4, 0.5) is 0 Å². The van der Waals surface area contributed by atoms with E-state index in [9.17, 15) is 9.00 Å². The average Bonchev–Trinajstić information content (AvgIpc) is 2.07. The molecule has 0 bridgehead atoms. The van der Waals surface area contributed by atoms with Crippen molar-refractivity contribution in [3.05, 3.63) is 34.9 Å². The highest BCUT2D eigenvalue weighted by atomic mass is 35.5. The first-order chi connectivity index (χ1) is 6.58. The second-order valence-corrected chi connectivity index (χ2v) is 4.64. The van der Waals surface area contributed by atoms with Gasteiger partial charge in [0, 0.05) is 21.6 Å². The summed E-state index contributed by atoms with van der Waals surface area (Å²) >= 11 is 5.66. The number of carbonyl (C=O) groups is 1. The number of aliphatic carboxylic acids is 1. The van der Waals surface area contributed by atoms with Crippen LogP contribution in [0.15, 0.2) is 24.3 Å². The summed E-state index contributed by atoms with van der Waals surface area (Å²) < 4.78 is 11.2. The lowest BCUT2D eigenvalue weighted by atomic mass is 10.2. The molecule has 0 saturated carbocycles. The van der Waals surface area contributed by atoms with Crippen molar-refractivity contribution in [3.8, 4) is 0 Å². The highest BCUT2D eigenvalue weighted by Gasteiger charge is 2.06. The van der Waals surface area contributed by atoms with Crippen LogP contribution in [-0.4, -0.2) is 21.0 Å². The van der Waals surface area contributed by atoms with Gasteiger partial charge in [-0.1, -0.05) is 23.7 Å². The molecule has 1 atom stereocenters. The van der Waals surface area contributed by atoms with Gasteiger partial charge in [0.15, 0.2) is 0 Å². The van der Waals surface area contributed by atoms with Crippen molar-refractivity contribution in [2.24, 2.45) is 0 Å². The number of carboxylic acid groups (broad SMARTS) is 1. The molecule has 0 unspecified atom stereocenters. The molecule has 0 saturated heterocycles. The van der Waals surface area contributed by atoms with Crippen LogP contribution in [0.5, 0.6) is 0 Å². The second kappa shape index (κ2) is 5.12. The molecule has 0 aliphatic heterocycles. The molecule has 0 fully saturated rings. The van der Waals surface area contributed by atoms with Gasteiger partial charge >= 0.3 is 5.97 Å². The molecule has 0 aromatic heterocycles. The number of benzene rings is 1. The van der Waals surface area contributed by atoms with Crippen LogP contribution in [0.3, 0.4) is 0 Å². The van der Waals surface area contributed by atoms with Crippen molar-refractivity contribution in [2.45, 2.75) is 5.75 Å². The largest absolute Gasteiger partial charge is 0.481 e. The summed E-state index contributed by atoms with van der Waals surface area (Å²) in [6.07, 6.45) is 0. The maximum Gasteiger partial charge on any atom is 0.316 e. The van der Waals surface area contributed by atoms with Gasteiger partial charge in [-0.15, -0.1) is 0 Å². The fourth-order valence-corrected chi connectivity index (χ4v) is 2.02. The Morgan fingerprint density at radius 3 is 2.43 bits per heavy atom. The Morgan fingerprint density at radius 2 is 1.93 bits per heavy atom. The minimum absolute atomic E-state index is 0.253. The molecule has 0 heterocycles. The summed E-state index contributed by atoms with van der Waals surface area (Å²) in [5.74, 6) is -1.11. The molecule has 0 aliphatic carbocycles. The van der Waals surface area contributed by atoms with Crippen LogP contribution in [0.1, 0.15) is 5.56 Å². The van der Waals surface area contributed by atoms with Crippen LogP contribution < -0.4 is 0 Å². The summed E-state index contributed by atoms with van der Waals surface area (Å²) in [6.45, 7) is 0. The summed E-state index contributed by atoms with van der Waals surface area (Å²) in [5, 5.41) is 9.00. The first-order valence-corrected chi connectivity index (χ1v) is 5.76. The van der Waals surface area contributed by atoms with Crippen LogP contribution in [0.25, 0.3) is 0 Å². The Hall–Kier alpha value is -0.870. The third-order valence-corrected chi connectivity index (χ3v) is 3.00. The zero-order valence-corrected chi connectivity index (χ0v) is 8.85. The third kappa shape index (κ3) is 3.89. The maximum absolute atomic E-state index is 11.2. The summed E-state index contributed by atoms with van der Waals surface area (Å²) in [7, 11) is -1.35. The van der Waals surface area contributed by atoms with E-state index >= 15 is 0 Å². The lowest BCUT2D eigenvalue weighted by Crippen LogP contribution is -2.10. The van der Waals surface area contributed by atoms with Crippen LogP contribution >= 0.6 is 11.6 Å². The Labute approximate surface area is 89.2 Å². The fraction of sp³-hybridized carbons (Fsp3) is 0.222. The molecule has 0 radical (unpaired) electrons. The fourth-order valence-electron chi connectivity index (χ4n) is 0.955. The molecule has 1 aromatic carbocycles. The molecule has 0 amide bonds. The number of rotatable bonds is 4. The maximum atomic E-state index is 11.2. The van der Waals surface area contributed by atoms with E-state index in [0.29, 0.717) is 5.02 Å². The minimum atomic E-state index is -1.35. The molecule has 1 rings (SSSR count). The first-order valence-electron chi connectivity index (χ1n) is 3.89. The summed E-state index contributed by atoms with van der Waals surface area (Å²) in [6, 6.07) is 6.86. The molecular formula is C9H9ClO3S. The number of hydrogen-bond donors (Lipinski definition) is 1. The molecule has 3 nitrogen and oxygen atoms in total. The predicted octanol–water partition coefficient (Wildman–Crippen LogP) is 1.67. The molecular weight excluding hydrogens is 224 g/mol. The van der Waals surface area contributed by atoms with Gasteiger partial charge in [-0.25, -0.2) is 0 Å². The van der Waals surface area contributed by atoms with Crippen molar-refractivity contribution >= 4 is 28.4 Å². The van der Waals surface area contributed by atoms with Crippen molar-refractivity contribution in [1.82, 2.24) is 0 Å². The zero-order valence-electron chi connectivity index (χ0n) is 7.27. The lowest BCUT2D eigenvalue weighted by molar-refractivity contribution is -0.133. The Kier molecular flexibility index (Phi) is 4.10. The van der Waals surface area contributed by atoms with E-state index in [0.717, 1.165) is 5.56 Å². The minimum Gasteiger partial charge on any atom is -0.481 e. The summed E-state index contributed by atoms with van der Waals surface area (Å²) in [4.78, 5) is 10.2. The van der Waals surface area contributed by atoms with Gasteiger partial charge in [0.2, 0.25) is 0 Å². The van der Waals surface area contributed by atoms with Gasteiger partial charge in [-0.3, -0.25) is 9.00 Å². The van der Waals surface area contributed by atoms with E-state index in [1.807, 2.05) is 0 Å². The number of halogens is 1. The second-order valence-electron chi connectivity index (χ2n) is 2.75. The van der Waals surface area contributed by atoms with E-state index in [1.54, 1.807) is 24.3 Å². The van der Waals surface area contributed by atoms with Crippen LogP contribution in [0, 0.1) is 0 Å². The van der Waals surface area contributed by atoms with Crippen LogP contribution in [-0.2, 0) is 21.3 Å². The predicted molar refractivity (Wildman–Crippen MR) is 55.8 cm³/mol. The van der Waals surface area contributed by atoms with Gasteiger partial charge in [-0.2, -0.15) is 0 Å². The SMILES string of the molecule is O=C(O)C[S@](=O)Cc1ccc(Cl)cc1.